The minimum atomic E-state index is -0.595. The van der Waals surface area contributed by atoms with Crippen molar-refractivity contribution in [1.29, 1.82) is 0 Å². The van der Waals surface area contributed by atoms with Crippen LogP contribution in [0.4, 0.5) is 20.2 Å². The highest BCUT2D eigenvalue weighted by Crippen LogP contribution is 2.24. The van der Waals surface area contributed by atoms with Crippen molar-refractivity contribution >= 4 is 11.4 Å². The highest BCUT2D eigenvalue weighted by molar-refractivity contribution is 5.61. The molecule has 0 heterocycles. The molecule has 1 nitrogen and oxygen atoms in total. The molecule has 0 aliphatic carbocycles. The molecule has 0 aliphatic heterocycles. The van der Waals surface area contributed by atoms with E-state index in [2.05, 4.69) is 19.2 Å². The van der Waals surface area contributed by atoms with Gasteiger partial charge in [-0.05, 0) is 35.7 Å². The molecular weight excluding hydrogens is 232 g/mol. The minimum absolute atomic E-state index is 0.116. The fourth-order valence-electron chi connectivity index (χ4n) is 1.71. The number of halogens is 2. The molecule has 0 amide bonds. The quantitative estimate of drug-likeness (QED) is 0.819. The Morgan fingerprint density at radius 2 is 1.44 bits per heavy atom. The molecule has 2 aromatic rings. The Balaban J connectivity index is 2.24. The van der Waals surface area contributed by atoms with E-state index in [1.807, 2.05) is 24.3 Å². The van der Waals surface area contributed by atoms with Gasteiger partial charge in [-0.15, -0.1) is 0 Å². The van der Waals surface area contributed by atoms with Gasteiger partial charge in [0, 0.05) is 5.69 Å². The van der Waals surface area contributed by atoms with Gasteiger partial charge in [0.05, 0.1) is 0 Å². The second-order valence-electron chi connectivity index (χ2n) is 4.50. The van der Waals surface area contributed by atoms with Crippen LogP contribution in [0.15, 0.2) is 42.5 Å². The lowest BCUT2D eigenvalue weighted by molar-refractivity contribution is 0.591. The van der Waals surface area contributed by atoms with E-state index in [9.17, 15) is 8.78 Å². The van der Waals surface area contributed by atoms with Crippen molar-refractivity contribution in [3.63, 3.8) is 0 Å². The molecule has 0 aliphatic rings. The third kappa shape index (κ3) is 2.67. The van der Waals surface area contributed by atoms with Gasteiger partial charge in [-0.25, -0.2) is 8.78 Å². The second kappa shape index (κ2) is 5.17. The van der Waals surface area contributed by atoms with Gasteiger partial charge in [0.1, 0.15) is 17.3 Å². The van der Waals surface area contributed by atoms with Crippen LogP contribution in [-0.2, 0) is 0 Å². The molecule has 2 aromatic carbocycles. The van der Waals surface area contributed by atoms with Crippen LogP contribution >= 0.6 is 0 Å². The minimum Gasteiger partial charge on any atom is -0.351 e. The molecule has 0 aromatic heterocycles. The zero-order valence-corrected chi connectivity index (χ0v) is 10.4. The molecule has 0 spiro atoms. The van der Waals surface area contributed by atoms with E-state index in [1.54, 1.807) is 0 Å². The summed E-state index contributed by atoms with van der Waals surface area (Å²) in [5, 5.41) is 2.76. The van der Waals surface area contributed by atoms with E-state index in [-0.39, 0.29) is 5.69 Å². The maximum Gasteiger partial charge on any atom is 0.149 e. The van der Waals surface area contributed by atoms with Crippen LogP contribution in [0, 0.1) is 11.6 Å². The van der Waals surface area contributed by atoms with Crippen LogP contribution in [0.2, 0.25) is 0 Å². The summed E-state index contributed by atoms with van der Waals surface area (Å²) in [6.07, 6.45) is 0. The van der Waals surface area contributed by atoms with E-state index in [4.69, 9.17) is 0 Å². The Hall–Kier alpha value is -1.90. The van der Waals surface area contributed by atoms with E-state index in [1.165, 1.54) is 23.8 Å². The van der Waals surface area contributed by atoms with E-state index in [0.29, 0.717) is 11.6 Å². The molecule has 0 radical (unpaired) electrons. The normalized spacial score (nSPS) is 10.7. The van der Waals surface area contributed by atoms with Crippen molar-refractivity contribution in [2.24, 2.45) is 0 Å². The Bertz CT molecular complexity index is 512. The lowest BCUT2D eigenvalue weighted by atomic mass is 10.0. The van der Waals surface area contributed by atoms with Crippen molar-refractivity contribution in [3.05, 3.63) is 59.7 Å². The number of benzene rings is 2. The number of rotatable bonds is 3. The number of para-hydroxylation sites is 1. The topological polar surface area (TPSA) is 12.0 Å². The predicted octanol–water partition coefficient (Wildman–Crippen LogP) is 4.83. The summed E-state index contributed by atoms with van der Waals surface area (Å²) in [5.41, 5.74) is 1.74. The summed E-state index contributed by atoms with van der Waals surface area (Å²) < 4.78 is 26.9. The van der Waals surface area contributed by atoms with Gasteiger partial charge in [-0.1, -0.05) is 32.0 Å². The largest absolute Gasteiger partial charge is 0.351 e. The molecule has 0 atom stereocenters. The zero-order valence-electron chi connectivity index (χ0n) is 10.4. The molecule has 18 heavy (non-hydrogen) atoms. The smallest absolute Gasteiger partial charge is 0.149 e. The van der Waals surface area contributed by atoms with E-state index in [0.717, 1.165) is 0 Å². The summed E-state index contributed by atoms with van der Waals surface area (Å²) in [4.78, 5) is 0. The van der Waals surface area contributed by atoms with Crippen LogP contribution in [0.3, 0.4) is 0 Å². The van der Waals surface area contributed by atoms with Crippen LogP contribution < -0.4 is 5.32 Å². The van der Waals surface area contributed by atoms with Crippen molar-refractivity contribution in [1.82, 2.24) is 0 Å². The Labute approximate surface area is 105 Å². The average molecular weight is 247 g/mol. The van der Waals surface area contributed by atoms with Crippen LogP contribution in [0.25, 0.3) is 0 Å². The molecule has 0 bridgehead atoms. The number of anilines is 2. The summed E-state index contributed by atoms with van der Waals surface area (Å²) in [5.74, 6) is -0.755. The van der Waals surface area contributed by atoms with Crippen molar-refractivity contribution in [2.45, 2.75) is 19.8 Å². The highest BCUT2D eigenvalue weighted by Gasteiger charge is 2.08. The molecule has 0 saturated heterocycles. The summed E-state index contributed by atoms with van der Waals surface area (Å²) >= 11 is 0. The van der Waals surface area contributed by atoms with Gasteiger partial charge in [0.2, 0.25) is 0 Å². The molecule has 0 fully saturated rings. The predicted molar refractivity (Wildman–Crippen MR) is 70.2 cm³/mol. The maximum atomic E-state index is 13.4. The van der Waals surface area contributed by atoms with Crippen molar-refractivity contribution in [3.8, 4) is 0 Å². The summed E-state index contributed by atoms with van der Waals surface area (Å²) in [6, 6.07) is 11.3. The Morgan fingerprint density at radius 1 is 0.889 bits per heavy atom. The zero-order chi connectivity index (χ0) is 13.1. The van der Waals surface area contributed by atoms with Gasteiger partial charge < -0.3 is 5.32 Å². The van der Waals surface area contributed by atoms with Gasteiger partial charge in [-0.2, -0.15) is 0 Å². The SMILES string of the molecule is CC(C)c1ccc(Nc2c(F)cccc2F)cc1. The van der Waals surface area contributed by atoms with Crippen LogP contribution in [-0.4, -0.2) is 0 Å². The lowest BCUT2D eigenvalue weighted by Crippen LogP contribution is -1.97. The number of hydrogen-bond donors (Lipinski definition) is 1. The second-order valence-corrected chi connectivity index (χ2v) is 4.50. The lowest BCUT2D eigenvalue weighted by Gasteiger charge is -2.10. The fraction of sp³-hybridized carbons (Fsp3) is 0.200. The first-order valence-electron chi connectivity index (χ1n) is 5.89. The van der Waals surface area contributed by atoms with Crippen LogP contribution in [0.5, 0.6) is 0 Å². The van der Waals surface area contributed by atoms with E-state index >= 15 is 0 Å². The van der Waals surface area contributed by atoms with Gasteiger partial charge in [0.25, 0.3) is 0 Å². The Kier molecular flexibility index (Phi) is 3.60. The number of nitrogens with one attached hydrogen (secondary N) is 1. The van der Waals surface area contributed by atoms with Gasteiger partial charge in [0.15, 0.2) is 0 Å². The van der Waals surface area contributed by atoms with E-state index < -0.39 is 11.6 Å². The van der Waals surface area contributed by atoms with Gasteiger partial charge >= 0.3 is 0 Å². The molecule has 2 rings (SSSR count). The molecular formula is C15H15F2N. The molecule has 1 N–H and O–H groups in total. The Morgan fingerprint density at radius 3 is 1.94 bits per heavy atom. The first-order valence-corrected chi connectivity index (χ1v) is 5.89. The monoisotopic (exact) mass is 247 g/mol. The third-order valence-corrected chi connectivity index (χ3v) is 2.81. The van der Waals surface area contributed by atoms with Gasteiger partial charge in [-0.3, -0.25) is 0 Å². The summed E-state index contributed by atoms with van der Waals surface area (Å²) in [6.45, 7) is 4.19. The third-order valence-electron chi connectivity index (χ3n) is 2.81. The molecule has 0 saturated carbocycles. The fourth-order valence-corrected chi connectivity index (χ4v) is 1.71. The van der Waals surface area contributed by atoms with Crippen molar-refractivity contribution < 1.29 is 8.78 Å². The molecule has 94 valence electrons. The van der Waals surface area contributed by atoms with Crippen LogP contribution in [0.1, 0.15) is 25.3 Å². The first kappa shape index (κ1) is 12.6. The molecule has 0 unspecified atom stereocenters. The maximum absolute atomic E-state index is 13.4. The first-order chi connectivity index (χ1) is 8.58. The number of hydrogen-bond acceptors (Lipinski definition) is 1. The highest BCUT2D eigenvalue weighted by atomic mass is 19.1. The average Bonchev–Trinajstić information content (AvgIpc) is 2.34. The molecule has 3 heteroatoms. The standard InChI is InChI=1S/C15H15F2N/c1-10(2)11-6-8-12(9-7-11)18-15-13(16)4-3-5-14(15)17/h3-10,18H,1-2H3. The summed E-state index contributed by atoms with van der Waals surface area (Å²) in [7, 11) is 0. The van der Waals surface area contributed by atoms with Crippen molar-refractivity contribution in [2.75, 3.05) is 5.32 Å².